The second-order valence-electron chi connectivity index (χ2n) is 5.02. The first-order valence-electron chi connectivity index (χ1n) is 6.91. The highest BCUT2D eigenvalue weighted by Crippen LogP contribution is 2.09. The Bertz CT molecular complexity index is 635. The van der Waals surface area contributed by atoms with Crippen molar-refractivity contribution in [3.63, 3.8) is 0 Å². The van der Waals surface area contributed by atoms with Crippen LogP contribution in [-0.4, -0.2) is 28.8 Å². The van der Waals surface area contributed by atoms with Gasteiger partial charge in [0.1, 0.15) is 0 Å². The number of ether oxygens (including phenoxy) is 1. The number of rotatable bonds is 6. The van der Waals surface area contributed by atoms with E-state index in [1.807, 2.05) is 32.0 Å². The number of nitrogens with one attached hydrogen (secondary N) is 1. The van der Waals surface area contributed by atoms with Gasteiger partial charge in [0.15, 0.2) is 0 Å². The van der Waals surface area contributed by atoms with Gasteiger partial charge in [-0.2, -0.15) is 0 Å². The predicted molar refractivity (Wildman–Crippen MR) is 81.2 cm³/mol. The average Bonchev–Trinajstić information content (AvgIpc) is 2.43. The summed E-state index contributed by atoms with van der Waals surface area (Å²) in [6, 6.07) is 7.38. The van der Waals surface area contributed by atoms with Gasteiger partial charge in [-0.15, -0.1) is 0 Å². The molecule has 0 atom stereocenters. The smallest absolute Gasteiger partial charge is 0.262 e. The minimum Gasteiger partial charge on any atom is -0.379 e. The molecule has 0 saturated heterocycles. The summed E-state index contributed by atoms with van der Waals surface area (Å²) >= 11 is 0. The standard InChI is InChI=1S/C15H21N3O2/c1-11(2)20-10-6-9-16-15-17-13-8-5-4-7-12(13)14(19)18(15)3/h4-5,7-8,11H,6,9-10H2,1-3H3,(H,16,17). The average molecular weight is 275 g/mol. The van der Waals surface area contributed by atoms with E-state index in [-0.39, 0.29) is 11.7 Å². The molecule has 0 radical (unpaired) electrons. The lowest BCUT2D eigenvalue weighted by Gasteiger charge is -2.12. The van der Waals surface area contributed by atoms with Crippen molar-refractivity contribution in [2.75, 3.05) is 18.5 Å². The maximum Gasteiger partial charge on any atom is 0.262 e. The van der Waals surface area contributed by atoms with Crippen LogP contribution in [0.1, 0.15) is 20.3 Å². The minimum atomic E-state index is -0.0310. The number of para-hydroxylation sites is 1. The Hall–Kier alpha value is -1.88. The molecule has 20 heavy (non-hydrogen) atoms. The Morgan fingerprint density at radius 3 is 2.85 bits per heavy atom. The normalized spacial score (nSPS) is 11.2. The van der Waals surface area contributed by atoms with E-state index in [2.05, 4.69) is 10.3 Å². The number of anilines is 1. The highest BCUT2D eigenvalue weighted by Gasteiger charge is 2.06. The Balaban J connectivity index is 2.07. The highest BCUT2D eigenvalue weighted by atomic mass is 16.5. The van der Waals surface area contributed by atoms with E-state index >= 15 is 0 Å². The molecule has 0 bridgehead atoms. The molecule has 0 fully saturated rings. The number of benzene rings is 1. The third kappa shape index (κ3) is 3.36. The minimum absolute atomic E-state index is 0.0310. The van der Waals surface area contributed by atoms with E-state index in [1.165, 1.54) is 0 Å². The molecule has 5 heteroatoms. The topological polar surface area (TPSA) is 56.1 Å². The van der Waals surface area contributed by atoms with E-state index in [0.717, 1.165) is 18.5 Å². The van der Waals surface area contributed by atoms with Crippen LogP contribution in [0, 0.1) is 0 Å². The summed E-state index contributed by atoms with van der Waals surface area (Å²) in [5, 5.41) is 3.83. The van der Waals surface area contributed by atoms with E-state index in [0.29, 0.717) is 17.9 Å². The lowest BCUT2D eigenvalue weighted by atomic mass is 10.2. The molecule has 0 unspecified atom stereocenters. The quantitative estimate of drug-likeness (QED) is 0.821. The van der Waals surface area contributed by atoms with E-state index in [9.17, 15) is 4.79 Å². The summed E-state index contributed by atoms with van der Waals surface area (Å²) in [5.41, 5.74) is 0.688. The first kappa shape index (κ1) is 14.5. The lowest BCUT2D eigenvalue weighted by Crippen LogP contribution is -2.23. The zero-order chi connectivity index (χ0) is 14.5. The fourth-order valence-corrected chi connectivity index (χ4v) is 1.97. The number of hydrogen-bond acceptors (Lipinski definition) is 4. The molecule has 108 valence electrons. The van der Waals surface area contributed by atoms with Crippen molar-refractivity contribution in [2.45, 2.75) is 26.4 Å². The molecular formula is C15H21N3O2. The van der Waals surface area contributed by atoms with Crippen LogP contribution >= 0.6 is 0 Å². The molecule has 0 aliphatic rings. The summed E-state index contributed by atoms with van der Waals surface area (Å²) in [5.74, 6) is 0.596. The second kappa shape index (κ2) is 6.52. The maximum atomic E-state index is 12.2. The van der Waals surface area contributed by atoms with Gasteiger partial charge < -0.3 is 10.1 Å². The Labute approximate surface area is 118 Å². The summed E-state index contributed by atoms with van der Waals surface area (Å²) in [7, 11) is 1.73. The van der Waals surface area contributed by atoms with Crippen LogP contribution in [0.5, 0.6) is 0 Å². The summed E-state index contributed by atoms with van der Waals surface area (Å²) in [4.78, 5) is 16.7. The molecule has 2 aromatic rings. The predicted octanol–water partition coefficient (Wildman–Crippen LogP) is 2.16. The molecule has 0 aliphatic carbocycles. The van der Waals surface area contributed by atoms with Gasteiger partial charge in [-0.05, 0) is 32.4 Å². The monoisotopic (exact) mass is 275 g/mol. The third-order valence-electron chi connectivity index (χ3n) is 3.04. The molecular weight excluding hydrogens is 254 g/mol. The Kier molecular flexibility index (Phi) is 4.74. The van der Waals surface area contributed by atoms with Crippen LogP contribution < -0.4 is 10.9 Å². The molecule has 0 amide bonds. The molecule has 1 aromatic heterocycles. The van der Waals surface area contributed by atoms with Crippen molar-refractivity contribution >= 4 is 16.9 Å². The molecule has 2 rings (SSSR count). The lowest BCUT2D eigenvalue weighted by molar-refractivity contribution is 0.0787. The summed E-state index contributed by atoms with van der Waals surface area (Å²) < 4.78 is 7.02. The molecule has 1 N–H and O–H groups in total. The molecule has 5 nitrogen and oxygen atoms in total. The maximum absolute atomic E-state index is 12.2. The van der Waals surface area contributed by atoms with Crippen LogP contribution in [0.15, 0.2) is 29.1 Å². The highest BCUT2D eigenvalue weighted by molar-refractivity contribution is 5.78. The van der Waals surface area contributed by atoms with Crippen LogP contribution in [0.2, 0.25) is 0 Å². The van der Waals surface area contributed by atoms with Gasteiger partial charge >= 0.3 is 0 Å². The van der Waals surface area contributed by atoms with Crippen LogP contribution in [0.25, 0.3) is 10.9 Å². The van der Waals surface area contributed by atoms with Crippen molar-refractivity contribution in [2.24, 2.45) is 7.05 Å². The number of fused-ring (bicyclic) bond motifs is 1. The van der Waals surface area contributed by atoms with E-state index < -0.39 is 0 Å². The van der Waals surface area contributed by atoms with Crippen molar-refractivity contribution in [3.05, 3.63) is 34.6 Å². The largest absolute Gasteiger partial charge is 0.379 e. The van der Waals surface area contributed by atoms with Gasteiger partial charge in [-0.25, -0.2) is 4.98 Å². The van der Waals surface area contributed by atoms with Crippen LogP contribution in [0.3, 0.4) is 0 Å². The zero-order valence-electron chi connectivity index (χ0n) is 12.2. The van der Waals surface area contributed by atoms with E-state index in [1.54, 1.807) is 17.7 Å². The molecule has 0 spiro atoms. The molecule has 0 aliphatic heterocycles. The van der Waals surface area contributed by atoms with Crippen molar-refractivity contribution in [1.82, 2.24) is 9.55 Å². The zero-order valence-corrected chi connectivity index (χ0v) is 12.2. The molecule has 1 aromatic carbocycles. The fraction of sp³-hybridized carbons (Fsp3) is 0.467. The summed E-state index contributed by atoms with van der Waals surface area (Å²) in [6.07, 6.45) is 1.12. The van der Waals surface area contributed by atoms with Crippen LogP contribution in [-0.2, 0) is 11.8 Å². The number of hydrogen-bond donors (Lipinski definition) is 1. The van der Waals surface area contributed by atoms with Crippen LogP contribution in [0.4, 0.5) is 5.95 Å². The van der Waals surface area contributed by atoms with Gasteiger partial charge in [-0.1, -0.05) is 12.1 Å². The number of aromatic nitrogens is 2. The Morgan fingerprint density at radius 1 is 1.35 bits per heavy atom. The second-order valence-corrected chi connectivity index (χ2v) is 5.02. The third-order valence-corrected chi connectivity index (χ3v) is 3.04. The summed E-state index contributed by atoms with van der Waals surface area (Å²) in [6.45, 7) is 5.46. The van der Waals surface area contributed by atoms with Crippen molar-refractivity contribution in [1.29, 1.82) is 0 Å². The van der Waals surface area contributed by atoms with Crippen molar-refractivity contribution in [3.8, 4) is 0 Å². The van der Waals surface area contributed by atoms with Gasteiger partial charge in [0.2, 0.25) is 5.95 Å². The first-order chi connectivity index (χ1) is 9.59. The van der Waals surface area contributed by atoms with Gasteiger partial charge in [0, 0.05) is 20.2 Å². The van der Waals surface area contributed by atoms with Gasteiger partial charge in [0.05, 0.1) is 17.0 Å². The van der Waals surface area contributed by atoms with Gasteiger partial charge in [0.25, 0.3) is 5.56 Å². The number of nitrogens with zero attached hydrogens (tertiary/aromatic N) is 2. The molecule has 0 saturated carbocycles. The first-order valence-corrected chi connectivity index (χ1v) is 6.91. The van der Waals surface area contributed by atoms with Crippen molar-refractivity contribution < 1.29 is 4.74 Å². The Morgan fingerprint density at radius 2 is 2.10 bits per heavy atom. The van der Waals surface area contributed by atoms with Gasteiger partial charge in [-0.3, -0.25) is 9.36 Å². The SMILES string of the molecule is CC(C)OCCCNc1nc2ccccc2c(=O)n1C. The molecule has 1 heterocycles. The van der Waals surface area contributed by atoms with E-state index in [4.69, 9.17) is 4.74 Å². The fourth-order valence-electron chi connectivity index (χ4n) is 1.97.